The molecule has 2 heteroatoms. The first-order chi connectivity index (χ1) is 21.9. The van der Waals surface area contributed by atoms with Crippen LogP contribution in [0.1, 0.15) is 0 Å². The molecule has 0 bridgehead atoms. The summed E-state index contributed by atoms with van der Waals surface area (Å²) in [6.45, 7) is 0. The maximum atomic E-state index is 2.49. The van der Waals surface area contributed by atoms with E-state index in [2.05, 4.69) is 179 Å². The molecule has 0 aliphatic carbocycles. The number of nitrogens with zero attached hydrogens (tertiary/aromatic N) is 2. The quantitative estimate of drug-likeness (QED) is 0.203. The molecule has 0 aliphatic rings. The van der Waals surface area contributed by atoms with Crippen LogP contribution in [0.4, 0.5) is 0 Å². The van der Waals surface area contributed by atoms with Gasteiger partial charge in [-0.1, -0.05) is 140 Å². The Morgan fingerprint density at radius 1 is 0.295 bits per heavy atom. The molecule has 2 aromatic heterocycles. The lowest BCUT2D eigenvalue weighted by Gasteiger charge is -2.16. The summed E-state index contributed by atoms with van der Waals surface area (Å²) in [4.78, 5) is 0. The maximum Gasteiger partial charge on any atom is 0.0789 e. The van der Waals surface area contributed by atoms with E-state index in [0.717, 1.165) is 5.69 Å². The predicted octanol–water partition coefficient (Wildman–Crippen LogP) is 11.2. The third-order valence-corrected chi connectivity index (χ3v) is 8.93. The number of rotatable bonds is 4. The topological polar surface area (TPSA) is 9.86 Å². The molecule has 0 aliphatic heterocycles. The van der Waals surface area contributed by atoms with Gasteiger partial charge in [-0.05, 0) is 47.0 Å². The smallest absolute Gasteiger partial charge is 0.0789 e. The van der Waals surface area contributed by atoms with Crippen LogP contribution in [-0.2, 0) is 0 Å². The van der Waals surface area contributed by atoms with Gasteiger partial charge in [-0.2, -0.15) is 0 Å². The summed E-state index contributed by atoms with van der Waals surface area (Å²) in [6.07, 6.45) is 0. The van der Waals surface area contributed by atoms with E-state index in [1.807, 2.05) is 0 Å². The van der Waals surface area contributed by atoms with E-state index >= 15 is 0 Å². The normalized spacial score (nSPS) is 11.6. The van der Waals surface area contributed by atoms with Crippen LogP contribution in [0.5, 0.6) is 0 Å². The molecule has 206 valence electrons. The standard InChI is InChI=1S/C42H28N2/c1-3-13-29(14-4-1)30-23-25-32(26-24-30)43-39-21-11-8-18-34(39)36-27-28-37-35-19-9-12-22-40(35)44(42(37)41(36)43)38-20-10-7-17-33(38)31-15-5-2-6-16-31/h1-28H. The molecular weight excluding hydrogens is 532 g/mol. The van der Waals surface area contributed by atoms with Crippen LogP contribution in [0.15, 0.2) is 170 Å². The third-order valence-electron chi connectivity index (χ3n) is 8.93. The van der Waals surface area contributed by atoms with Crippen LogP contribution >= 0.6 is 0 Å². The van der Waals surface area contributed by atoms with Crippen molar-refractivity contribution in [2.45, 2.75) is 0 Å². The van der Waals surface area contributed by atoms with E-state index < -0.39 is 0 Å². The molecule has 7 aromatic carbocycles. The van der Waals surface area contributed by atoms with Gasteiger partial charge in [0.15, 0.2) is 0 Å². The number of hydrogen-bond donors (Lipinski definition) is 0. The minimum absolute atomic E-state index is 1.15. The first-order valence-electron chi connectivity index (χ1n) is 15.1. The molecule has 0 atom stereocenters. The molecule has 0 radical (unpaired) electrons. The van der Waals surface area contributed by atoms with Crippen molar-refractivity contribution in [3.05, 3.63) is 170 Å². The zero-order valence-corrected chi connectivity index (χ0v) is 24.1. The number of hydrogen-bond acceptors (Lipinski definition) is 0. The minimum atomic E-state index is 1.15. The number of benzene rings is 7. The summed E-state index contributed by atoms with van der Waals surface area (Å²) in [6, 6.07) is 61.4. The zero-order valence-electron chi connectivity index (χ0n) is 24.1. The van der Waals surface area contributed by atoms with E-state index in [1.54, 1.807) is 0 Å². The van der Waals surface area contributed by atoms with Crippen LogP contribution in [0.25, 0.3) is 77.2 Å². The van der Waals surface area contributed by atoms with Gasteiger partial charge in [0, 0.05) is 32.8 Å². The molecule has 0 fully saturated rings. The monoisotopic (exact) mass is 560 g/mol. The van der Waals surface area contributed by atoms with E-state index in [-0.39, 0.29) is 0 Å². The molecular formula is C42H28N2. The van der Waals surface area contributed by atoms with Crippen LogP contribution in [0.2, 0.25) is 0 Å². The van der Waals surface area contributed by atoms with Crippen LogP contribution < -0.4 is 0 Å². The maximum absolute atomic E-state index is 2.49. The minimum Gasteiger partial charge on any atom is -0.307 e. The Morgan fingerprint density at radius 3 is 1.43 bits per heavy atom. The Balaban J connectivity index is 1.43. The Labute approximate surface area is 255 Å². The van der Waals surface area contributed by atoms with Crippen molar-refractivity contribution in [3.63, 3.8) is 0 Å². The summed E-state index contributed by atoms with van der Waals surface area (Å²) in [7, 11) is 0. The summed E-state index contributed by atoms with van der Waals surface area (Å²) < 4.78 is 4.95. The van der Waals surface area contributed by atoms with E-state index in [9.17, 15) is 0 Å². The van der Waals surface area contributed by atoms with Crippen molar-refractivity contribution in [3.8, 4) is 33.6 Å². The van der Waals surface area contributed by atoms with Gasteiger partial charge in [0.25, 0.3) is 0 Å². The van der Waals surface area contributed by atoms with Crippen molar-refractivity contribution in [2.24, 2.45) is 0 Å². The molecule has 0 spiro atoms. The van der Waals surface area contributed by atoms with Gasteiger partial charge >= 0.3 is 0 Å². The van der Waals surface area contributed by atoms with Crippen molar-refractivity contribution >= 4 is 43.6 Å². The first kappa shape index (κ1) is 24.7. The Kier molecular flexibility index (Phi) is 5.54. The van der Waals surface area contributed by atoms with Gasteiger partial charge in [0.1, 0.15) is 0 Å². The summed E-state index contributed by atoms with van der Waals surface area (Å²) in [5.41, 5.74) is 12.0. The van der Waals surface area contributed by atoms with E-state index in [1.165, 1.54) is 71.6 Å². The summed E-state index contributed by atoms with van der Waals surface area (Å²) in [5, 5.41) is 5.01. The fourth-order valence-corrected chi connectivity index (χ4v) is 6.98. The van der Waals surface area contributed by atoms with Gasteiger partial charge in [0.2, 0.25) is 0 Å². The Hall–Kier alpha value is -5.86. The fourth-order valence-electron chi connectivity index (χ4n) is 6.98. The average molecular weight is 561 g/mol. The molecule has 0 unspecified atom stereocenters. The number of fused-ring (bicyclic) bond motifs is 7. The lowest BCUT2D eigenvalue weighted by Crippen LogP contribution is -2.00. The van der Waals surface area contributed by atoms with Gasteiger partial charge in [-0.3, -0.25) is 0 Å². The summed E-state index contributed by atoms with van der Waals surface area (Å²) in [5.74, 6) is 0. The number of aromatic nitrogens is 2. The van der Waals surface area contributed by atoms with Crippen LogP contribution in [0.3, 0.4) is 0 Å². The largest absolute Gasteiger partial charge is 0.307 e. The Morgan fingerprint density at radius 2 is 0.773 bits per heavy atom. The molecule has 0 amide bonds. The lowest BCUT2D eigenvalue weighted by molar-refractivity contribution is 1.15. The molecule has 0 N–H and O–H groups in total. The van der Waals surface area contributed by atoms with Crippen LogP contribution in [-0.4, -0.2) is 9.13 Å². The fraction of sp³-hybridized carbons (Fsp3) is 0. The first-order valence-corrected chi connectivity index (χ1v) is 15.1. The van der Waals surface area contributed by atoms with E-state index in [0.29, 0.717) is 0 Å². The second-order valence-electron chi connectivity index (χ2n) is 11.4. The van der Waals surface area contributed by atoms with Crippen molar-refractivity contribution < 1.29 is 0 Å². The highest BCUT2D eigenvalue weighted by Gasteiger charge is 2.22. The third kappa shape index (κ3) is 3.68. The highest BCUT2D eigenvalue weighted by Crippen LogP contribution is 2.43. The highest BCUT2D eigenvalue weighted by atomic mass is 15.0. The Bertz CT molecular complexity index is 2460. The molecule has 9 rings (SSSR count). The predicted molar refractivity (Wildman–Crippen MR) is 186 cm³/mol. The summed E-state index contributed by atoms with van der Waals surface area (Å²) >= 11 is 0. The molecule has 9 aromatic rings. The molecule has 2 nitrogen and oxygen atoms in total. The average Bonchev–Trinajstić information content (AvgIpc) is 3.62. The van der Waals surface area contributed by atoms with Gasteiger partial charge in [0.05, 0.1) is 27.8 Å². The SMILES string of the molecule is c1ccc(-c2ccc(-n3c4ccccc4c4ccc5c6ccccc6n(-c6ccccc6-c6ccccc6)c5c43)cc2)cc1. The van der Waals surface area contributed by atoms with Gasteiger partial charge in [-0.25, -0.2) is 0 Å². The van der Waals surface area contributed by atoms with Gasteiger partial charge in [-0.15, -0.1) is 0 Å². The highest BCUT2D eigenvalue weighted by molar-refractivity contribution is 6.24. The molecule has 44 heavy (non-hydrogen) atoms. The second kappa shape index (κ2) is 9.86. The van der Waals surface area contributed by atoms with Crippen molar-refractivity contribution in [1.82, 2.24) is 9.13 Å². The second-order valence-corrected chi connectivity index (χ2v) is 11.4. The van der Waals surface area contributed by atoms with Crippen molar-refractivity contribution in [1.29, 1.82) is 0 Å². The van der Waals surface area contributed by atoms with Gasteiger partial charge < -0.3 is 9.13 Å². The molecule has 0 saturated heterocycles. The molecule has 2 heterocycles. The zero-order chi connectivity index (χ0) is 29.0. The lowest BCUT2D eigenvalue weighted by atomic mass is 10.0. The van der Waals surface area contributed by atoms with Crippen LogP contribution in [0, 0.1) is 0 Å². The van der Waals surface area contributed by atoms with Crippen molar-refractivity contribution in [2.75, 3.05) is 0 Å². The van der Waals surface area contributed by atoms with E-state index in [4.69, 9.17) is 0 Å². The number of para-hydroxylation sites is 3. The molecule has 0 saturated carbocycles.